The van der Waals surface area contributed by atoms with Crippen LogP contribution in [-0.4, -0.2) is 18.1 Å². The number of nitrogens with zero attached hydrogens (tertiary/aromatic N) is 1. The van der Waals surface area contributed by atoms with Crippen LogP contribution in [0.25, 0.3) is 0 Å². The van der Waals surface area contributed by atoms with E-state index in [-0.39, 0.29) is 0 Å². The standard InChI is InChI=1S/C14H16BrN3O/c1-10-3-2-4-12(7-10)19-6-5-17-14-13(15)8-11(16)9-18-14/h2-4,7-9H,5-6,16H2,1H3,(H,17,18). The summed E-state index contributed by atoms with van der Waals surface area (Å²) in [4.78, 5) is 4.20. The molecule has 0 fully saturated rings. The van der Waals surface area contributed by atoms with Gasteiger partial charge in [-0.1, -0.05) is 12.1 Å². The first-order valence-corrected chi connectivity index (χ1v) is 6.79. The van der Waals surface area contributed by atoms with Crippen molar-refractivity contribution in [3.8, 4) is 5.75 Å². The predicted octanol–water partition coefficient (Wildman–Crippen LogP) is 3.23. The molecule has 4 nitrogen and oxygen atoms in total. The fourth-order valence-electron chi connectivity index (χ4n) is 1.63. The molecule has 0 radical (unpaired) electrons. The molecule has 0 aliphatic rings. The zero-order valence-corrected chi connectivity index (χ0v) is 12.3. The van der Waals surface area contributed by atoms with Crippen LogP contribution in [0.5, 0.6) is 5.75 Å². The van der Waals surface area contributed by atoms with Gasteiger partial charge in [-0.25, -0.2) is 4.98 Å². The number of ether oxygens (including phenoxy) is 1. The summed E-state index contributed by atoms with van der Waals surface area (Å²) in [6.07, 6.45) is 1.62. The van der Waals surface area contributed by atoms with Gasteiger partial charge in [-0.3, -0.25) is 0 Å². The summed E-state index contributed by atoms with van der Waals surface area (Å²) in [5.74, 6) is 1.65. The minimum atomic E-state index is 0.571. The van der Waals surface area contributed by atoms with Crippen molar-refractivity contribution in [3.63, 3.8) is 0 Å². The summed E-state index contributed by atoms with van der Waals surface area (Å²) in [6, 6.07) is 9.80. The molecule has 19 heavy (non-hydrogen) atoms. The fourth-order valence-corrected chi connectivity index (χ4v) is 2.13. The molecule has 0 bridgehead atoms. The van der Waals surface area contributed by atoms with Gasteiger partial charge in [0, 0.05) is 0 Å². The van der Waals surface area contributed by atoms with Gasteiger partial charge in [-0.2, -0.15) is 0 Å². The number of aromatic nitrogens is 1. The third-order valence-electron chi connectivity index (χ3n) is 2.52. The highest BCUT2D eigenvalue weighted by molar-refractivity contribution is 9.10. The van der Waals surface area contributed by atoms with Crippen molar-refractivity contribution in [2.45, 2.75) is 6.92 Å². The molecule has 0 aliphatic heterocycles. The normalized spacial score (nSPS) is 10.2. The Labute approximate surface area is 121 Å². The van der Waals surface area contributed by atoms with E-state index >= 15 is 0 Å². The second-order valence-corrected chi connectivity index (χ2v) is 5.05. The summed E-state index contributed by atoms with van der Waals surface area (Å²) < 4.78 is 6.49. The number of nitrogen functional groups attached to an aromatic ring is 1. The minimum absolute atomic E-state index is 0.571. The van der Waals surface area contributed by atoms with Crippen molar-refractivity contribution in [3.05, 3.63) is 46.6 Å². The second-order valence-electron chi connectivity index (χ2n) is 4.19. The molecular formula is C14H16BrN3O. The van der Waals surface area contributed by atoms with E-state index in [9.17, 15) is 0 Å². The molecule has 2 rings (SSSR count). The zero-order valence-electron chi connectivity index (χ0n) is 10.7. The maximum Gasteiger partial charge on any atom is 0.140 e. The number of hydrogen-bond donors (Lipinski definition) is 2. The Morgan fingerprint density at radius 2 is 2.21 bits per heavy atom. The smallest absolute Gasteiger partial charge is 0.140 e. The van der Waals surface area contributed by atoms with Crippen molar-refractivity contribution in [1.29, 1.82) is 0 Å². The van der Waals surface area contributed by atoms with E-state index in [2.05, 4.69) is 26.2 Å². The van der Waals surface area contributed by atoms with Crippen LogP contribution in [0.4, 0.5) is 11.5 Å². The van der Waals surface area contributed by atoms with E-state index in [0.717, 1.165) is 16.0 Å². The zero-order chi connectivity index (χ0) is 13.7. The van der Waals surface area contributed by atoms with Crippen LogP contribution in [0.15, 0.2) is 41.0 Å². The molecule has 1 heterocycles. The highest BCUT2D eigenvalue weighted by Crippen LogP contribution is 2.21. The topological polar surface area (TPSA) is 60.2 Å². The molecule has 0 saturated carbocycles. The SMILES string of the molecule is Cc1cccc(OCCNc2ncc(N)cc2Br)c1. The third-order valence-corrected chi connectivity index (χ3v) is 3.12. The Balaban J connectivity index is 1.81. The summed E-state index contributed by atoms with van der Waals surface area (Å²) in [7, 11) is 0. The molecule has 0 saturated heterocycles. The lowest BCUT2D eigenvalue weighted by atomic mass is 10.2. The van der Waals surface area contributed by atoms with Gasteiger partial charge in [0.15, 0.2) is 0 Å². The van der Waals surface area contributed by atoms with Crippen molar-refractivity contribution in [2.24, 2.45) is 0 Å². The first kappa shape index (κ1) is 13.7. The Kier molecular flexibility index (Phi) is 4.63. The molecule has 0 atom stereocenters. The molecule has 0 aliphatic carbocycles. The molecular weight excluding hydrogens is 306 g/mol. The van der Waals surface area contributed by atoms with E-state index < -0.39 is 0 Å². The van der Waals surface area contributed by atoms with Crippen LogP contribution in [0, 0.1) is 6.92 Å². The number of benzene rings is 1. The van der Waals surface area contributed by atoms with E-state index in [4.69, 9.17) is 10.5 Å². The highest BCUT2D eigenvalue weighted by atomic mass is 79.9. The van der Waals surface area contributed by atoms with Crippen LogP contribution in [0.1, 0.15) is 5.56 Å². The number of halogens is 1. The monoisotopic (exact) mass is 321 g/mol. The van der Waals surface area contributed by atoms with Crippen molar-refractivity contribution in [1.82, 2.24) is 4.98 Å². The van der Waals surface area contributed by atoms with Crippen molar-refractivity contribution in [2.75, 3.05) is 24.2 Å². The lowest BCUT2D eigenvalue weighted by Crippen LogP contribution is -2.12. The van der Waals surface area contributed by atoms with Gasteiger partial charge in [-0.15, -0.1) is 0 Å². The molecule has 1 aromatic heterocycles. The Morgan fingerprint density at radius 1 is 1.37 bits per heavy atom. The Morgan fingerprint density at radius 3 is 2.95 bits per heavy atom. The molecule has 5 heteroatoms. The van der Waals surface area contributed by atoms with Gasteiger partial charge in [-0.05, 0) is 46.6 Å². The van der Waals surface area contributed by atoms with Gasteiger partial charge in [0.2, 0.25) is 0 Å². The molecule has 0 unspecified atom stereocenters. The molecule has 3 N–H and O–H groups in total. The van der Waals surface area contributed by atoms with Gasteiger partial charge in [0.05, 0.1) is 22.9 Å². The molecule has 1 aromatic carbocycles. The van der Waals surface area contributed by atoms with E-state index in [1.165, 1.54) is 5.56 Å². The van der Waals surface area contributed by atoms with Crippen LogP contribution < -0.4 is 15.8 Å². The molecule has 100 valence electrons. The van der Waals surface area contributed by atoms with Crippen LogP contribution in [-0.2, 0) is 0 Å². The molecule has 0 amide bonds. The Bertz CT molecular complexity index is 560. The number of hydrogen-bond acceptors (Lipinski definition) is 4. The van der Waals surface area contributed by atoms with Crippen LogP contribution in [0.3, 0.4) is 0 Å². The Hall–Kier alpha value is -1.75. The van der Waals surface area contributed by atoms with Gasteiger partial charge in [0.1, 0.15) is 18.2 Å². The highest BCUT2D eigenvalue weighted by Gasteiger charge is 2.01. The minimum Gasteiger partial charge on any atom is -0.492 e. The van der Waals surface area contributed by atoms with Crippen molar-refractivity contribution < 1.29 is 4.74 Å². The van der Waals surface area contributed by atoms with Gasteiger partial charge >= 0.3 is 0 Å². The van der Waals surface area contributed by atoms with E-state index in [1.54, 1.807) is 6.20 Å². The lowest BCUT2D eigenvalue weighted by molar-refractivity contribution is 0.332. The largest absolute Gasteiger partial charge is 0.492 e. The first-order valence-electron chi connectivity index (χ1n) is 5.99. The van der Waals surface area contributed by atoms with Crippen molar-refractivity contribution >= 4 is 27.4 Å². The van der Waals surface area contributed by atoms with Crippen LogP contribution in [0.2, 0.25) is 0 Å². The number of rotatable bonds is 5. The summed E-state index contributed by atoms with van der Waals surface area (Å²) in [5, 5.41) is 3.19. The molecule has 0 spiro atoms. The second kappa shape index (κ2) is 6.43. The number of pyridine rings is 1. The molecule has 2 aromatic rings. The van der Waals surface area contributed by atoms with E-state index in [1.807, 2.05) is 37.3 Å². The van der Waals surface area contributed by atoms with E-state index in [0.29, 0.717) is 18.8 Å². The maximum atomic E-state index is 5.64. The van der Waals surface area contributed by atoms with Gasteiger partial charge < -0.3 is 15.8 Å². The average molecular weight is 322 g/mol. The number of nitrogens with two attached hydrogens (primary N) is 1. The predicted molar refractivity (Wildman–Crippen MR) is 81.5 cm³/mol. The number of nitrogens with one attached hydrogen (secondary N) is 1. The quantitative estimate of drug-likeness (QED) is 0.830. The van der Waals surface area contributed by atoms with Crippen LogP contribution >= 0.6 is 15.9 Å². The fraction of sp³-hybridized carbons (Fsp3) is 0.214. The van der Waals surface area contributed by atoms with Gasteiger partial charge in [0.25, 0.3) is 0 Å². The third kappa shape index (κ3) is 4.13. The lowest BCUT2D eigenvalue weighted by Gasteiger charge is -2.10. The summed E-state index contributed by atoms with van der Waals surface area (Å²) >= 11 is 3.41. The maximum absolute atomic E-state index is 5.64. The summed E-state index contributed by atoms with van der Waals surface area (Å²) in [6.45, 7) is 3.28. The summed E-state index contributed by atoms with van der Waals surface area (Å²) in [5.41, 5.74) is 7.45. The number of anilines is 2. The number of aryl methyl sites for hydroxylation is 1. The first-order chi connectivity index (χ1) is 9.15. The average Bonchev–Trinajstić information content (AvgIpc) is 2.37.